The summed E-state index contributed by atoms with van der Waals surface area (Å²) in [4.78, 5) is 0. The van der Waals surface area contributed by atoms with Gasteiger partial charge in [-0.25, -0.2) is 8.42 Å². The summed E-state index contributed by atoms with van der Waals surface area (Å²) in [6, 6.07) is 7.62. The molecule has 1 aliphatic heterocycles. The molecule has 5 heteroatoms. The Bertz CT molecular complexity index is 513. The van der Waals surface area contributed by atoms with Gasteiger partial charge in [0.25, 0.3) is 0 Å². The molecule has 1 aliphatic rings. The molecule has 2 N–H and O–H groups in total. The summed E-state index contributed by atoms with van der Waals surface area (Å²) >= 11 is 0. The van der Waals surface area contributed by atoms with Crippen molar-refractivity contribution in [3.05, 3.63) is 35.4 Å². The van der Waals surface area contributed by atoms with Gasteiger partial charge in [0.2, 0.25) is 10.0 Å². The molecule has 1 aromatic rings. The largest absolute Gasteiger partial charge is 0.326 e. The monoisotopic (exact) mass is 268 g/mol. The van der Waals surface area contributed by atoms with Crippen molar-refractivity contribution in [3.63, 3.8) is 0 Å². The van der Waals surface area contributed by atoms with Crippen molar-refractivity contribution in [1.82, 2.24) is 4.31 Å². The Morgan fingerprint density at radius 3 is 2.72 bits per heavy atom. The molecule has 0 saturated carbocycles. The Morgan fingerprint density at radius 1 is 1.39 bits per heavy atom. The number of benzene rings is 1. The van der Waals surface area contributed by atoms with Crippen LogP contribution in [0.15, 0.2) is 24.3 Å². The van der Waals surface area contributed by atoms with E-state index in [2.05, 4.69) is 0 Å². The van der Waals surface area contributed by atoms with E-state index in [1.165, 1.54) is 0 Å². The van der Waals surface area contributed by atoms with Crippen molar-refractivity contribution in [1.29, 1.82) is 0 Å². The molecule has 1 saturated heterocycles. The molecule has 1 heterocycles. The number of rotatable bonds is 4. The lowest BCUT2D eigenvalue weighted by molar-refractivity contribution is 0.407. The van der Waals surface area contributed by atoms with Gasteiger partial charge in [0.15, 0.2) is 0 Å². The van der Waals surface area contributed by atoms with Gasteiger partial charge in [-0.05, 0) is 30.9 Å². The molecule has 1 aromatic carbocycles. The van der Waals surface area contributed by atoms with Crippen molar-refractivity contribution < 1.29 is 8.42 Å². The van der Waals surface area contributed by atoms with Crippen LogP contribution in [0.25, 0.3) is 0 Å². The standard InChI is InChI=1S/C13H20N2O2S/c1-11-4-3-7-15(11)18(16,17)10-13-6-2-5-12(8-13)9-14/h2,5-6,8,11H,3-4,7,9-10,14H2,1H3. The molecule has 0 radical (unpaired) electrons. The Morgan fingerprint density at radius 2 is 2.11 bits per heavy atom. The van der Waals surface area contributed by atoms with Crippen molar-refractivity contribution >= 4 is 10.0 Å². The van der Waals surface area contributed by atoms with E-state index >= 15 is 0 Å². The van der Waals surface area contributed by atoms with Gasteiger partial charge in [0, 0.05) is 19.1 Å². The van der Waals surface area contributed by atoms with Crippen LogP contribution in [0.1, 0.15) is 30.9 Å². The first-order valence-corrected chi connectivity index (χ1v) is 7.91. The molecular weight excluding hydrogens is 248 g/mol. The quantitative estimate of drug-likeness (QED) is 0.899. The Kier molecular flexibility index (Phi) is 4.04. The number of nitrogens with zero attached hydrogens (tertiary/aromatic N) is 1. The zero-order valence-electron chi connectivity index (χ0n) is 10.7. The molecule has 0 aromatic heterocycles. The number of hydrogen-bond donors (Lipinski definition) is 1. The Balaban J connectivity index is 2.16. The van der Waals surface area contributed by atoms with E-state index in [-0.39, 0.29) is 11.8 Å². The van der Waals surface area contributed by atoms with Gasteiger partial charge in [-0.1, -0.05) is 24.3 Å². The minimum absolute atomic E-state index is 0.0746. The van der Waals surface area contributed by atoms with Crippen molar-refractivity contribution in [2.75, 3.05) is 6.54 Å². The van der Waals surface area contributed by atoms with Crippen LogP contribution in [-0.2, 0) is 22.3 Å². The highest BCUT2D eigenvalue weighted by Gasteiger charge is 2.31. The first-order chi connectivity index (χ1) is 8.53. The average molecular weight is 268 g/mol. The normalized spacial score (nSPS) is 21.3. The van der Waals surface area contributed by atoms with E-state index in [9.17, 15) is 8.42 Å². The Hall–Kier alpha value is -0.910. The first-order valence-electron chi connectivity index (χ1n) is 6.30. The average Bonchev–Trinajstić information content (AvgIpc) is 2.76. The van der Waals surface area contributed by atoms with Gasteiger partial charge in [-0.3, -0.25) is 0 Å². The van der Waals surface area contributed by atoms with Crippen LogP contribution in [0, 0.1) is 0 Å². The summed E-state index contributed by atoms with van der Waals surface area (Å²) in [6.07, 6.45) is 1.92. The third-order valence-electron chi connectivity index (χ3n) is 3.43. The lowest BCUT2D eigenvalue weighted by Crippen LogP contribution is -2.34. The summed E-state index contributed by atoms with van der Waals surface area (Å²) in [5.41, 5.74) is 7.35. The van der Waals surface area contributed by atoms with E-state index in [1.54, 1.807) is 4.31 Å². The maximum Gasteiger partial charge on any atom is 0.218 e. The van der Waals surface area contributed by atoms with Crippen LogP contribution < -0.4 is 5.73 Å². The zero-order valence-corrected chi connectivity index (χ0v) is 11.5. The SMILES string of the molecule is CC1CCCN1S(=O)(=O)Cc1cccc(CN)c1. The number of hydrogen-bond acceptors (Lipinski definition) is 3. The smallest absolute Gasteiger partial charge is 0.218 e. The highest BCUT2D eigenvalue weighted by molar-refractivity contribution is 7.88. The molecule has 0 bridgehead atoms. The topological polar surface area (TPSA) is 63.4 Å². The van der Waals surface area contributed by atoms with E-state index in [0.717, 1.165) is 24.0 Å². The van der Waals surface area contributed by atoms with Crippen LogP contribution in [0.5, 0.6) is 0 Å². The van der Waals surface area contributed by atoms with Gasteiger partial charge in [-0.15, -0.1) is 0 Å². The zero-order chi connectivity index (χ0) is 13.2. The number of sulfonamides is 1. The summed E-state index contributed by atoms with van der Waals surface area (Å²) in [5.74, 6) is 0.0746. The minimum atomic E-state index is -3.19. The lowest BCUT2D eigenvalue weighted by Gasteiger charge is -2.21. The highest BCUT2D eigenvalue weighted by Crippen LogP contribution is 2.23. The molecule has 0 spiro atoms. The molecule has 4 nitrogen and oxygen atoms in total. The van der Waals surface area contributed by atoms with Gasteiger partial charge in [0.1, 0.15) is 0 Å². The summed E-state index contributed by atoms with van der Waals surface area (Å²) in [5, 5.41) is 0. The second-order valence-corrected chi connectivity index (χ2v) is 6.80. The van der Waals surface area contributed by atoms with Crippen molar-refractivity contribution in [2.24, 2.45) is 5.73 Å². The minimum Gasteiger partial charge on any atom is -0.326 e. The van der Waals surface area contributed by atoms with Crippen LogP contribution in [0.2, 0.25) is 0 Å². The van der Waals surface area contributed by atoms with Crippen LogP contribution >= 0.6 is 0 Å². The predicted octanol–water partition coefficient (Wildman–Crippen LogP) is 1.46. The number of nitrogens with two attached hydrogens (primary N) is 1. The maximum absolute atomic E-state index is 12.3. The predicted molar refractivity (Wildman–Crippen MR) is 72.4 cm³/mol. The van der Waals surface area contributed by atoms with Gasteiger partial charge >= 0.3 is 0 Å². The summed E-state index contributed by atoms with van der Waals surface area (Å²) in [6.45, 7) is 3.06. The second kappa shape index (κ2) is 5.38. The molecule has 1 atom stereocenters. The van der Waals surface area contributed by atoms with E-state index in [4.69, 9.17) is 5.73 Å². The molecule has 100 valence electrons. The maximum atomic E-state index is 12.3. The van der Waals surface area contributed by atoms with Crippen LogP contribution in [-0.4, -0.2) is 25.3 Å². The highest BCUT2D eigenvalue weighted by atomic mass is 32.2. The fourth-order valence-corrected chi connectivity index (χ4v) is 4.29. The third-order valence-corrected chi connectivity index (χ3v) is 5.38. The van der Waals surface area contributed by atoms with Crippen molar-refractivity contribution in [3.8, 4) is 0 Å². The van der Waals surface area contributed by atoms with E-state index in [1.807, 2.05) is 31.2 Å². The molecule has 1 unspecified atom stereocenters. The molecule has 2 rings (SSSR count). The molecule has 0 aliphatic carbocycles. The molecule has 0 amide bonds. The first kappa shape index (κ1) is 13.5. The third kappa shape index (κ3) is 2.91. The summed E-state index contributed by atoms with van der Waals surface area (Å²) in [7, 11) is -3.19. The van der Waals surface area contributed by atoms with Gasteiger partial charge in [-0.2, -0.15) is 4.31 Å². The fraction of sp³-hybridized carbons (Fsp3) is 0.538. The van der Waals surface area contributed by atoms with Crippen LogP contribution in [0.3, 0.4) is 0 Å². The van der Waals surface area contributed by atoms with Crippen molar-refractivity contribution in [2.45, 2.75) is 38.1 Å². The van der Waals surface area contributed by atoms with Crippen LogP contribution in [0.4, 0.5) is 0 Å². The molecular formula is C13H20N2O2S. The molecule has 18 heavy (non-hydrogen) atoms. The van der Waals surface area contributed by atoms with E-state index in [0.29, 0.717) is 13.1 Å². The van der Waals surface area contributed by atoms with E-state index < -0.39 is 10.0 Å². The Labute approximate surface area is 109 Å². The lowest BCUT2D eigenvalue weighted by atomic mass is 10.1. The fourth-order valence-electron chi connectivity index (χ4n) is 2.46. The second-order valence-electron chi connectivity index (χ2n) is 4.88. The summed E-state index contributed by atoms with van der Waals surface area (Å²) < 4.78 is 26.2. The van der Waals surface area contributed by atoms with Gasteiger partial charge in [0.05, 0.1) is 5.75 Å². The molecule has 1 fully saturated rings. The van der Waals surface area contributed by atoms with Gasteiger partial charge < -0.3 is 5.73 Å².